The Bertz CT molecular complexity index is 1730. The molecule has 0 spiro atoms. The highest BCUT2D eigenvalue weighted by molar-refractivity contribution is 5.94. The van der Waals surface area contributed by atoms with Crippen LogP contribution in [-0.4, -0.2) is 63.6 Å². The van der Waals surface area contributed by atoms with Crippen molar-refractivity contribution in [2.45, 2.75) is 37.3 Å². The molecule has 1 saturated heterocycles. The lowest BCUT2D eigenvalue weighted by molar-refractivity contribution is -0.0353. The first kappa shape index (κ1) is 30.6. The molecule has 1 N–H and O–H groups in total. The van der Waals surface area contributed by atoms with Gasteiger partial charge >= 0.3 is 0 Å². The number of likely N-dealkylation sites (N-methyl/N-ethyl adjacent to an activating group) is 1. The second kappa shape index (κ2) is 13.3. The molecule has 1 aliphatic heterocycles. The summed E-state index contributed by atoms with van der Waals surface area (Å²) in [5, 5.41) is 12.0. The fraction of sp³-hybridized carbons (Fsp3) is 0.297. The topological polar surface area (TPSA) is 61.6 Å². The predicted octanol–water partition coefficient (Wildman–Crippen LogP) is 6.59. The van der Waals surface area contributed by atoms with Gasteiger partial charge < -0.3 is 19.5 Å². The number of imidazole rings is 1. The lowest BCUT2D eigenvalue weighted by Crippen LogP contribution is -2.44. The molecule has 6 rings (SSSR count). The molecular formula is C37H38F2N4O2. The van der Waals surface area contributed by atoms with Crippen LogP contribution in [0, 0.1) is 11.6 Å². The number of rotatable bonds is 10. The smallest absolute Gasteiger partial charge is 0.253 e. The minimum Gasteiger partial charge on any atom is -0.382 e. The number of piperidine rings is 1. The van der Waals surface area contributed by atoms with Crippen LogP contribution in [0.2, 0.25) is 0 Å². The first-order valence-corrected chi connectivity index (χ1v) is 15.5. The summed E-state index contributed by atoms with van der Waals surface area (Å²) < 4.78 is 29.4. The quantitative estimate of drug-likeness (QED) is 0.194. The maximum atomic E-state index is 13.8. The molecule has 1 aliphatic rings. The standard InChI is InChI=1S/C37H38F2N4O2/c1-41(35(44)29-7-3-2-4-8-29)26-30(28-13-17-32(39)18-14-28)19-22-42-23-20-37(45,21-24-42)36-40-33-9-5-6-10-34(33)43(36)25-27-11-15-31(38)16-12-27/h2-18,30,45H,19-26H2,1H3. The second-order valence-corrected chi connectivity index (χ2v) is 12.1. The molecule has 2 heterocycles. The van der Waals surface area contributed by atoms with Crippen LogP contribution < -0.4 is 0 Å². The molecule has 0 radical (unpaired) electrons. The van der Waals surface area contributed by atoms with Crippen molar-refractivity contribution in [2.75, 3.05) is 33.2 Å². The van der Waals surface area contributed by atoms with Gasteiger partial charge in [0.05, 0.1) is 11.0 Å². The number of hydrogen-bond donors (Lipinski definition) is 1. The van der Waals surface area contributed by atoms with Gasteiger partial charge in [0, 0.05) is 44.7 Å². The molecule has 0 aliphatic carbocycles. The molecule has 1 fully saturated rings. The van der Waals surface area contributed by atoms with Gasteiger partial charge in [0.1, 0.15) is 23.1 Å². The van der Waals surface area contributed by atoms with Gasteiger partial charge in [0.25, 0.3) is 5.91 Å². The number of halogens is 2. The second-order valence-electron chi connectivity index (χ2n) is 12.1. The van der Waals surface area contributed by atoms with Gasteiger partial charge in [-0.15, -0.1) is 0 Å². The summed E-state index contributed by atoms with van der Waals surface area (Å²) in [7, 11) is 1.81. The number of fused-ring (bicyclic) bond motifs is 1. The molecule has 8 heteroatoms. The van der Waals surface area contributed by atoms with Crippen LogP contribution >= 0.6 is 0 Å². The van der Waals surface area contributed by atoms with E-state index in [1.54, 1.807) is 29.2 Å². The SMILES string of the molecule is CN(CC(CCN1CCC(O)(c2nc3ccccc3n2Cc2ccc(F)cc2)CC1)c1ccc(F)cc1)C(=O)c1ccccc1. The number of nitrogens with zero attached hydrogens (tertiary/aromatic N) is 4. The van der Waals surface area contributed by atoms with E-state index in [1.807, 2.05) is 61.6 Å². The number of para-hydroxylation sites is 2. The third-order valence-corrected chi connectivity index (χ3v) is 9.00. The highest BCUT2D eigenvalue weighted by Gasteiger charge is 2.38. The Morgan fingerprint density at radius 2 is 1.51 bits per heavy atom. The van der Waals surface area contributed by atoms with Crippen molar-refractivity contribution in [2.24, 2.45) is 0 Å². The summed E-state index contributed by atoms with van der Waals surface area (Å²) in [6.07, 6.45) is 1.82. The first-order valence-electron chi connectivity index (χ1n) is 15.5. The number of aromatic nitrogens is 2. The summed E-state index contributed by atoms with van der Waals surface area (Å²) in [4.78, 5) is 22.1. The molecule has 1 unspecified atom stereocenters. The zero-order chi connectivity index (χ0) is 31.4. The van der Waals surface area contributed by atoms with E-state index in [-0.39, 0.29) is 23.5 Å². The highest BCUT2D eigenvalue weighted by Crippen LogP contribution is 2.35. The van der Waals surface area contributed by atoms with Crippen molar-refractivity contribution >= 4 is 16.9 Å². The average molecular weight is 609 g/mol. The summed E-state index contributed by atoms with van der Waals surface area (Å²) >= 11 is 0. The largest absolute Gasteiger partial charge is 0.382 e. The third kappa shape index (κ3) is 6.97. The van der Waals surface area contributed by atoms with Crippen LogP contribution in [0.3, 0.4) is 0 Å². The predicted molar refractivity (Wildman–Crippen MR) is 172 cm³/mol. The van der Waals surface area contributed by atoms with Gasteiger partial charge in [-0.3, -0.25) is 4.79 Å². The summed E-state index contributed by atoms with van der Waals surface area (Å²) in [5.41, 5.74) is 3.22. The fourth-order valence-electron chi connectivity index (χ4n) is 6.38. The number of carbonyl (C=O) groups excluding carboxylic acids is 1. The molecule has 5 aromatic rings. The minimum atomic E-state index is -1.10. The van der Waals surface area contributed by atoms with Crippen LogP contribution in [0.15, 0.2) is 103 Å². The van der Waals surface area contributed by atoms with E-state index in [0.717, 1.165) is 35.1 Å². The van der Waals surface area contributed by atoms with Crippen LogP contribution in [0.1, 0.15) is 52.5 Å². The van der Waals surface area contributed by atoms with Crippen LogP contribution in [0.5, 0.6) is 0 Å². The van der Waals surface area contributed by atoms with Crippen LogP contribution in [0.4, 0.5) is 8.78 Å². The van der Waals surface area contributed by atoms with Crippen LogP contribution in [-0.2, 0) is 12.1 Å². The lowest BCUT2D eigenvalue weighted by Gasteiger charge is -2.38. The molecule has 4 aromatic carbocycles. The molecule has 1 aromatic heterocycles. The number of benzene rings is 4. The van der Waals surface area contributed by atoms with Gasteiger partial charge in [-0.2, -0.15) is 0 Å². The molecule has 6 nitrogen and oxygen atoms in total. The number of aliphatic hydroxyl groups is 1. The Kier molecular flexibility index (Phi) is 9.05. The molecule has 1 atom stereocenters. The van der Waals surface area contributed by atoms with E-state index in [0.29, 0.717) is 50.4 Å². The van der Waals surface area contributed by atoms with Gasteiger partial charge in [0.2, 0.25) is 0 Å². The van der Waals surface area contributed by atoms with Gasteiger partial charge in [-0.05, 0) is 85.5 Å². The van der Waals surface area contributed by atoms with E-state index < -0.39 is 5.60 Å². The van der Waals surface area contributed by atoms with E-state index in [9.17, 15) is 18.7 Å². The average Bonchev–Trinajstić information content (AvgIpc) is 3.44. The highest BCUT2D eigenvalue weighted by atomic mass is 19.1. The van der Waals surface area contributed by atoms with Crippen molar-refractivity contribution in [3.05, 3.63) is 137 Å². The Morgan fingerprint density at radius 3 is 2.20 bits per heavy atom. The van der Waals surface area contributed by atoms with Crippen molar-refractivity contribution < 1.29 is 18.7 Å². The monoisotopic (exact) mass is 608 g/mol. The van der Waals surface area contributed by atoms with E-state index in [4.69, 9.17) is 4.98 Å². The molecular weight excluding hydrogens is 570 g/mol. The Balaban J connectivity index is 1.15. The molecule has 232 valence electrons. The summed E-state index contributed by atoms with van der Waals surface area (Å²) in [6.45, 7) is 3.13. The van der Waals surface area contributed by atoms with E-state index in [1.165, 1.54) is 24.3 Å². The molecule has 0 saturated carbocycles. The summed E-state index contributed by atoms with van der Waals surface area (Å²) in [6, 6.07) is 30.1. The number of likely N-dealkylation sites (tertiary alicyclic amines) is 1. The van der Waals surface area contributed by atoms with E-state index >= 15 is 0 Å². The molecule has 1 amide bonds. The third-order valence-electron chi connectivity index (χ3n) is 9.00. The number of amides is 1. The minimum absolute atomic E-state index is 0.0176. The van der Waals surface area contributed by atoms with Crippen molar-refractivity contribution in [3.8, 4) is 0 Å². The zero-order valence-corrected chi connectivity index (χ0v) is 25.4. The number of carbonyl (C=O) groups is 1. The Morgan fingerprint density at radius 1 is 0.889 bits per heavy atom. The maximum Gasteiger partial charge on any atom is 0.253 e. The molecule has 45 heavy (non-hydrogen) atoms. The fourth-order valence-corrected chi connectivity index (χ4v) is 6.38. The van der Waals surface area contributed by atoms with Gasteiger partial charge in [-0.25, -0.2) is 13.8 Å². The Hall–Kier alpha value is -4.40. The van der Waals surface area contributed by atoms with Crippen LogP contribution in [0.25, 0.3) is 11.0 Å². The van der Waals surface area contributed by atoms with Gasteiger partial charge in [-0.1, -0.05) is 54.6 Å². The van der Waals surface area contributed by atoms with Gasteiger partial charge in [0.15, 0.2) is 0 Å². The normalized spacial score (nSPS) is 15.6. The Labute approximate surface area is 262 Å². The number of hydrogen-bond acceptors (Lipinski definition) is 4. The van der Waals surface area contributed by atoms with E-state index in [2.05, 4.69) is 9.47 Å². The zero-order valence-electron chi connectivity index (χ0n) is 25.4. The molecule has 0 bridgehead atoms. The first-order chi connectivity index (χ1) is 21.8. The summed E-state index contributed by atoms with van der Waals surface area (Å²) in [5.74, 6) is 0.0414. The van der Waals surface area contributed by atoms with Crippen molar-refractivity contribution in [1.29, 1.82) is 0 Å². The lowest BCUT2D eigenvalue weighted by atomic mass is 9.89. The van der Waals surface area contributed by atoms with Crippen molar-refractivity contribution in [1.82, 2.24) is 19.4 Å². The maximum absolute atomic E-state index is 13.8. The van der Waals surface area contributed by atoms with Crippen molar-refractivity contribution in [3.63, 3.8) is 0 Å².